The fourth-order valence-electron chi connectivity index (χ4n) is 2.49. The van der Waals surface area contributed by atoms with Crippen molar-refractivity contribution >= 4 is 35.1 Å². The minimum atomic E-state index is -0.113. The van der Waals surface area contributed by atoms with E-state index in [1.807, 2.05) is 26.0 Å². The van der Waals surface area contributed by atoms with Gasteiger partial charge in [-0.15, -0.1) is 0 Å². The fraction of sp³-hybridized carbons (Fsp3) is 0.312. The molecule has 1 aromatic carbocycles. The van der Waals surface area contributed by atoms with Crippen molar-refractivity contribution in [1.82, 2.24) is 9.97 Å². The van der Waals surface area contributed by atoms with Gasteiger partial charge < -0.3 is 10.3 Å². The Kier molecular flexibility index (Phi) is 4.77. The minimum absolute atomic E-state index is 0.0859. The molecule has 0 radical (unpaired) electrons. The number of fused-ring (bicyclic) bond motifs is 1. The summed E-state index contributed by atoms with van der Waals surface area (Å²) in [7, 11) is 0. The zero-order valence-electron chi connectivity index (χ0n) is 12.9. The lowest BCUT2D eigenvalue weighted by Gasteiger charge is -2.07. The number of benzene rings is 1. The van der Waals surface area contributed by atoms with Crippen molar-refractivity contribution in [3.05, 3.63) is 50.9 Å². The average Bonchev–Trinajstić information content (AvgIpc) is 2.93. The summed E-state index contributed by atoms with van der Waals surface area (Å²) in [4.78, 5) is 31.2. The summed E-state index contributed by atoms with van der Waals surface area (Å²) in [5.41, 5.74) is 4.53. The topological polar surface area (TPSA) is 74.8 Å². The molecule has 7 heteroatoms. The van der Waals surface area contributed by atoms with E-state index in [1.54, 1.807) is 11.8 Å². The first-order valence-corrected chi connectivity index (χ1v) is 9.36. The number of hydrogen-bond acceptors (Lipinski definition) is 5. The Morgan fingerprint density at radius 2 is 2.04 bits per heavy atom. The van der Waals surface area contributed by atoms with Crippen LogP contribution in [0.15, 0.2) is 28.2 Å². The number of aromatic nitrogens is 2. The quantitative estimate of drug-likeness (QED) is 0.657. The van der Waals surface area contributed by atoms with Crippen molar-refractivity contribution in [1.29, 1.82) is 0 Å². The number of thioether (sulfide) groups is 2. The van der Waals surface area contributed by atoms with Crippen LogP contribution >= 0.6 is 23.5 Å². The van der Waals surface area contributed by atoms with Gasteiger partial charge in [-0.25, -0.2) is 4.98 Å². The van der Waals surface area contributed by atoms with Crippen LogP contribution in [0.25, 0.3) is 0 Å². The number of nitrogens with one attached hydrogen (secondary N) is 2. The Labute approximate surface area is 142 Å². The largest absolute Gasteiger partial charge is 0.325 e. The van der Waals surface area contributed by atoms with Gasteiger partial charge in [0.1, 0.15) is 0 Å². The fourth-order valence-corrected chi connectivity index (χ4v) is 4.20. The molecule has 1 amide bonds. The number of nitrogens with zero attached hydrogens (tertiary/aromatic N) is 1. The predicted molar refractivity (Wildman–Crippen MR) is 95.1 cm³/mol. The third-order valence-corrected chi connectivity index (χ3v) is 5.25. The molecule has 120 valence electrons. The second-order valence-electron chi connectivity index (χ2n) is 5.50. The van der Waals surface area contributed by atoms with Crippen molar-refractivity contribution < 1.29 is 4.79 Å². The van der Waals surface area contributed by atoms with Crippen LogP contribution in [0.5, 0.6) is 0 Å². The van der Waals surface area contributed by atoms with Gasteiger partial charge in [0.15, 0.2) is 5.16 Å². The Morgan fingerprint density at radius 3 is 2.78 bits per heavy atom. The highest BCUT2D eigenvalue weighted by atomic mass is 32.2. The molecule has 5 nitrogen and oxygen atoms in total. The van der Waals surface area contributed by atoms with Gasteiger partial charge in [0.05, 0.1) is 11.4 Å². The summed E-state index contributed by atoms with van der Waals surface area (Å²) in [5.74, 6) is 1.58. The van der Waals surface area contributed by atoms with E-state index >= 15 is 0 Å². The summed E-state index contributed by atoms with van der Waals surface area (Å²) < 4.78 is 0. The number of carbonyl (C=O) groups excluding carboxylic acids is 1. The van der Waals surface area contributed by atoms with Crippen LogP contribution in [0.4, 0.5) is 5.69 Å². The number of hydrogen-bond donors (Lipinski definition) is 2. The molecule has 1 aliphatic rings. The van der Waals surface area contributed by atoms with E-state index in [0.29, 0.717) is 5.16 Å². The van der Waals surface area contributed by atoms with Crippen molar-refractivity contribution in [2.45, 2.75) is 30.5 Å². The van der Waals surface area contributed by atoms with Crippen molar-refractivity contribution in [2.75, 3.05) is 11.1 Å². The number of carbonyl (C=O) groups is 1. The number of H-pyrrole nitrogens is 1. The van der Waals surface area contributed by atoms with Gasteiger partial charge in [0.25, 0.3) is 5.56 Å². The van der Waals surface area contributed by atoms with Gasteiger partial charge >= 0.3 is 0 Å². The SMILES string of the molecule is Cc1cc(C)cc(NC(=O)CSc2nc3c(c(=O)[nH]2)CSC3)c1. The molecule has 0 unspecified atom stereocenters. The second kappa shape index (κ2) is 6.80. The van der Waals surface area contributed by atoms with Crippen LogP contribution in [-0.4, -0.2) is 21.6 Å². The maximum absolute atomic E-state index is 12.1. The third-order valence-electron chi connectivity index (χ3n) is 3.41. The number of aryl methyl sites for hydroxylation is 2. The van der Waals surface area contributed by atoms with Crippen molar-refractivity contribution in [2.24, 2.45) is 0 Å². The zero-order valence-corrected chi connectivity index (χ0v) is 14.6. The van der Waals surface area contributed by atoms with Crippen LogP contribution < -0.4 is 10.9 Å². The molecule has 2 N–H and O–H groups in total. The molecule has 0 fully saturated rings. The third kappa shape index (κ3) is 3.97. The van der Waals surface area contributed by atoms with Gasteiger partial charge in [0.2, 0.25) is 5.91 Å². The highest BCUT2D eigenvalue weighted by Gasteiger charge is 2.18. The lowest BCUT2D eigenvalue weighted by molar-refractivity contribution is -0.113. The zero-order chi connectivity index (χ0) is 16.4. The Bertz CT molecular complexity index is 797. The summed E-state index contributed by atoms with van der Waals surface area (Å²) in [6, 6.07) is 5.92. The molecule has 0 spiro atoms. The molecule has 0 atom stereocenters. The molecule has 0 aliphatic carbocycles. The van der Waals surface area contributed by atoms with Gasteiger partial charge in [0, 0.05) is 22.8 Å². The summed E-state index contributed by atoms with van der Waals surface area (Å²) in [6.45, 7) is 3.99. The van der Waals surface area contributed by atoms with E-state index in [0.717, 1.165) is 39.6 Å². The van der Waals surface area contributed by atoms with E-state index < -0.39 is 0 Å². The second-order valence-corrected chi connectivity index (χ2v) is 7.45. The van der Waals surface area contributed by atoms with Crippen LogP contribution in [0.1, 0.15) is 22.4 Å². The van der Waals surface area contributed by atoms with Crippen LogP contribution in [0, 0.1) is 13.8 Å². The van der Waals surface area contributed by atoms with Gasteiger partial charge in [-0.05, 0) is 37.1 Å². The molecule has 0 saturated carbocycles. The molecule has 2 aromatic rings. The highest BCUT2D eigenvalue weighted by Crippen LogP contribution is 2.26. The van der Waals surface area contributed by atoms with E-state index in [-0.39, 0.29) is 17.2 Å². The monoisotopic (exact) mass is 347 g/mol. The average molecular weight is 347 g/mol. The molecule has 3 rings (SSSR count). The van der Waals surface area contributed by atoms with Crippen LogP contribution in [-0.2, 0) is 16.3 Å². The maximum atomic E-state index is 12.1. The van der Waals surface area contributed by atoms with Crippen LogP contribution in [0.3, 0.4) is 0 Å². The van der Waals surface area contributed by atoms with Gasteiger partial charge in [-0.1, -0.05) is 17.8 Å². The summed E-state index contributed by atoms with van der Waals surface area (Å²) in [5, 5.41) is 3.38. The standard InChI is InChI=1S/C16H17N3O2S2/c1-9-3-10(2)5-11(4-9)17-14(20)8-23-16-18-13-7-22-6-12(13)15(21)19-16/h3-5H,6-8H2,1-2H3,(H,17,20)(H,18,19,21). The molecule has 1 aliphatic heterocycles. The minimum Gasteiger partial charge on any atom is -0.325 e. The Balaban J connectivity index is 1.63. The molecule has 2 heterocycles. The van der Waals surface area contributed by atoms with Crippen LogP contribution in [0.2, 0.25) is 0 Å². The number of aromatic amines is 1. The lowest BCUT2D eigenvalue weighted by atomic mass is 10.1. The molecule has 0 bridgehead atoms. The smallest absolute Gasteiger partial charge is 0.255 e. The molecular formula is C16H17N3O2S2. The first-order chi connectivity index (χ1) is 11.0. The first-order valence-electron chi connectivity index (χ1n) is 7.22. The van der Waals surface area contributed by atoms with Gasteiger partial charge in [-0.3, -0.25) is 9.59 Å². The summed E-state index contributed by atoms with van der Waals surface area (Å²) >= 11 is 2.93. The van der Waals surface area contributed by atoms with E-state index in [2.05, 4.69) is 21.4 Å². The highest BCUT2D eigenvalue weighted by molar-refractivity contribution is 7.99. The Morgan fingerprint density at radius 1 is 1.30 bits per heavy atom. The number of amides is 1. The van der Waals surface area contributed by atoms with E-state index in [4.69, 9.17) is 0 Å². The predicted octanol–water partition coefficient (Wildman–Crippen LogP) is 2.86. The van der Waals surface area contributed by atoms with E-state index in [1.165, 1.54) is 11.8 Å². The van der Waals surface area contributed by atoms with Crippen molar-refractivity contribution in [3.63, 3.8) is 0 Å². The molecule has 23 heavy (non-hydrogen) atoms. The first kappa shape index (κ1) is 16.1. The molecule has 1 aromatic heterocycles. The summed E-state index contributed by atoms with van der Waals surface area (Å²) in [6.07, 6.45) is 0. The maximum Gasteiger partial charge on any atom is 0.255 e. The lowest BCUT2D eigenvalue weighted by Crippen LogP contribution is -2.17. The molecule has 0 saturated heterocycles. The van der Waals surface area contributed by atoms with Crippen molar-refractivity contribution in [3.8, 4) is 0 Å². The number of anilines is 1. The van der Waals surface area contributed by atoms with E-state index in [9.17, 15) is 9.59 Å². The van der Waals surface area contributed by atoms with Gasteiger partial charge in [-0.2, -0.15) is 11.8 Å². The number of rotatable bonds is 4. The normalized spacial score (nSPS) is 13.0. The Hall–Kier alpha value is -1.73. The molecular weight excluding hydrogens is 330 g/mol.